The predicted molar refractivity (Wildman–Crippen MR) is 84.7 cm³/mol. The Morgan fingerprint density at radius 1 is 0.923 bits per heavy atom. The fourth-order valence-electron chi connectivity index (χ4n) is 2.15. The van der Waals surface area contributed by atoms with Crippen LogP contribution in [0.3, 0.4) is 0 Å². The van der Waals surface area contributed by atoms with Gasteiger partial charge in [0.25, 0.3) is 0 Å². The molecule has 0 spiro atoms. The molecule has 26 heavy (non-hydrogen) atoms. The summed E-state index contributed by atoms with van der Waals surface area (Å²) >= 11 is 0. The lowest BCUT2D eigenvalue weighted by Gasteiger charge is -2.15. The summed E-state index contributed by atoms with van der Waals surface area (Å²) in [5.74, 6) is -0.606. The second-order valence-corrected chi connectivity index (χ2v) is 5.51. The van der Waals surface area contributed by atoms with Gasteiger partial charge in [-0.05, 0) is 36.8 Å². The van der Waals surface area contributed by atoms with Gasteiger partial charge in [0.2, 0.25) is 5.91 Å². The fourth-order valence-corrected chi connectivity index (χ4v) is 2.15. The van der Waals surface area contributed by atoms with Crippen molar-refractivity contribution in [2.75, 3.05) is 17.2 Å². The molecule has 2 rings (SSSR count). The Labute approximate surface area is 145 Å². The van der Waals surface area contributed by atoms with Crippen LogP contribution < -0.4 is 10.6 Å². The molecule has 0 atom stereocenters. The zero-order valence-corrected chi connectivity index (χ0v) is 13.4. The Morgan fingerprint density at radius 3 is 1.96 bits per heavy atom. The highest BCUT2D eigenvalue weighted by molar-refractivity contribution is 5.94. The smallest absolute Gasteiger partial charge is 0.376 e. The van der Waals surface area contributed by atoms with E-state index in [4.69, 9.17) is 0 Å². The van der Waals surface area contributed by atoms with E-state index in [1.54, 1.807) is 31.2 Å². The Morgan fingerprint density at radius 2 is 1.46 bits per heavy atom. The summed E-state index contributed by atoms with van der Waals surface area (Å²) in [6.07, 6.45) is -9.89. The topological polar surface area (TPSA) is 41.1 Å². The number of amides is 1. The number of hydrogen-bond acceptors (Lipinski definition) is 2. The standard InChI is InChI=1S/C17H14F6N2O/c1-10-4-2-3-5-14(10)25-15(26)9-24-13-7-11(16(18,19)20)6-12(8-13)17(21,22)23/h2-8,24H,9H2,1H3,(H,25,26). The highest BCUT2D eigenvalue weighted by Gasteiger charge is 2.36. The molecule has 0 unspecified atom stereocenters. The van der Waals surface area contributed by atoms with Gasteiger partial charge in [0, 0.05) is 11.4 Å². The van der Waals surface area contributed by atoms with Crippen LogP contribution in [0.15, 0.2) is 42.5 Å². The molecule has 0 fully saturated rings. The number of carbonyl (C=O) groups excluding carboxylic acids is 1. The van der Waals surface area contributed by atoms with Crippen LogP contribution in [0.2, 0.25) is 0 Å². The number of benzene rings is 2. The first-order chi connectivity index (χ1) is 12.0. The molecule has 0 aliphatic carbocycles. The molecule has 0 aliphatic heterocycles. The molecule has 0 saturated carbocycles. The summed E-state index contributed by atoms with van der Waals surface area (Å²) in [5, 5.41) is 4.82. The number of aryl methyl sites for hydroxylation is 1. The Balaban J connectivity index is 2.16. The molecule has 0 saturated heterocycles. The Hall–Kier alpha value is -2.71. The van der Waals surface area contributed by atoms with Gasteiger partial charge in [0.1, 0.15) is 0 Å². The van der Waals surface area contributed by atoms with Gasteiger partial charge in [-0.2, -0.15) is 26.3 Å². The number of anilines is 2. The van der Waals surface area contributed by atoms with Gasteiger partial charge in [0.15, 0.2) is 0 Å². The second kappa shape index (κ2) is 7.27. The largest absolute Gasteiger partial charge is 0.416 e. The summed E-state index contributed by atoms with van der Waals surface area (Å²) in [6.45, 7) is 1.25. The molecule has 0 aliphatic rings. The van der Waals surface area contributed by atoms with Crippen LogP contribution in [0.5, 0.6) is 0 Å². The summed E-state index contributed by atoms with van der Waals surface area (Å²) in [5.41, 5.74) is -2.09. The molecule has 0 aromatic heterocycles. The molecule has 0 radical (unpaired) electrons. The molecular weight excluding hydrogens is 362 g/mol. The first kappa shape index (κ1) is 19.6. The monoisotopic (exact) mass is 376 g/mol. The molecule has 2 aromatic carbocycles. The van der Waals surface area contributed by atoms with Crippen molar-refractivity contribution < 1.29 is 31.1 Å². The summed E-state index contributed by atoms with van der Waals surface area (Å²) < 4.78 is 76.8. The molecule has 3 nitrogen and oxygen atoms in total. The van der Waals surface area contributed by atoms with Crippen molar-refractivity contribution in [3.63, 3.8) is 0 Å². The van der Waals surface area contributed by atoms with Gasteiger partial charge < -0.3 is 10.6 Å². The van der Waals surface area contributed by atoms with Crippen molar-refractivity contribution in [2.24, 2.45) is 0 Å². The lowest BCUT2D eigenvalue weighted by Crippen LogP contribution is -2.22. The van der Waals surface area contributed by atoms with Gasteiger partial charge in [0.05, 0.1) is 17.7 Å². The maximum Gasteiger partial charge on any atom is 0.416 e. The number of nitrogens with one attached hydrogen (secondary N) is 2. The van der Waals surface area contributed by atoms with E-state index >= 15 is 0 Å². The first-order valence-electron chi connectivity index (χ1n) is 7.35. The van der Waals surface area contributed by atoms with E-state index in [1.165, 1.54) is 0 Å². The average Bonchev–Trinajstić information content (AvgIpc) is 2.53. The van der Waals surface area contributed by atoms with E-state index in [9.17, 15) is 31.1 Å². The van der Waals surface area contributed by atoms with Gasteiger partial charge in [-0.3, -0.25) is 4.79 Å². The number of hydrogen-bond donors (Lipinski definition) is 2. The van der Waals surface area contributed by atoms with Gasteiger partial charge in [-0.25, -0.2) is 0 Å². The van der Waals surface area contributed by atoms with Gasteiger partial charge in [-0.15, -0.1) is 0 Å². The van der Waals surface area contributed by atoms with Crippen molar-refractivity contribution in [3.8, 4) is 0 Å². The molecule has 2 N–H and O–H groups in total. The summed E-state index contributed by atoms with van der Waals surface area (Å²) in [6, 6.07) is 7.87. The maximum absolute atomic E-state index is 12.8. The summed E-state index contributed by atoms with van der Waals surface area (Å²) in [7, 11) is 0. The van der Waals surface area contributed by atoms with Crippen LogP contribution in [0.25, 0.3) is 0 Å². The third-order valence-electron chi connectivity index (χ3n) is 3.46. The zero-order chi connectivity index (χ0) is 19.5. The van der Waals surface area contributed by atoms with Crippen molar-refractivity contribution in [2.45, 2.75) is 19.3 Å². The molecule has 9 heteroatoms. The first-order valence-corrected chi connectivity index (χ1v) is 7.35. The van der Waals surface area contributed by atoms with Crippen molar-refractivity contribution >= 4 is 17.3 Å². The maximum atomic E-state index is 12.8. The quantitative estimate of drug-likeness (QED) is 0.731. The van der Waals surface area contributed by atoms with E-state index in [-0.39, 0.29) is 6.07 Å². The van der Waals surface area contributed by atoms with E-state index in [1.807, 2.05) is 0 Å². The lowest BCUT2D eigenvalue weighted by molar-refractivity contribution is -0.143. The lowest BCUT2D eigenvalue weighted by atomic mass is 10.1. The number of carbonyl (C=O) groups is 1. The molecule has 0 bridgehead atoms. The zero-order valence-electron chi connectivity index (χ0n) is 13.4. The number of para-hydroxylation sites is 1. The Kier molecular flexibility index (Phi) is 5.48. The van der Waals surface area contributed by atoms with Crippen LogP contribution in [0.1, 0.15) is 16.7 Å². The normalized spacial score (nSPS) is 12.0. The predicted octanol–water partition coefficient (Wildman–Crippen LogP) is 5.08. The van der Waals surface area contributed by atoms with Crippen LogP contribution in [-0.4, -0.2) is 12.5 Å². The SMILES string of the molecule is Cc1ccccc1NC(=O)CNc1cc(C(F)(F)F)cc(C(F)(F)F)c1. The van der Waals surface area contributed by atoms with E-state index in [0.29, 0.717) is 17.8 Å². The fraction of sp³-hybridized carbons (Fsp3) is 0.235. The third kappa shape index (κ3) is 5.14. The molecule has 1 amide bonds. The molecule has 140 valence electrons. The highest BCUT2D eigenvalue weighted by Crippen LogP contribution is 2.37. The highest BCUT2D eigenvalue weighted by atomic mass is 19.4. The second-order valence-electron chi connectivity index (χ2n) is 5.51. The third-order valence-corrected chi connectivity index (χ3v) is 3.46. The van der Waals surface area contributed by atoms with Crippen LogP contribution >= 0.6 is 0 Å². The van der Waals surface area contributed by atoms with E-state index in [2.05, 4.69) is 10.6 Å². The van der Waals surface area contributed by atoms with E-state index < -0.39 is 41.6 Å². The van der Waals surface area contributed by atoms with Crippen molar-refractivity contribution in [1.29, 1.82) is 0 Å². The van der Waals surface area contributed by atoms with E-state index in [0.717, 1.165) is 5.56 Å². The van der Waals surface area contributed by atoms with Crippen molar-refractivity contribution in [1.82, 2.24) is 0 Å². The average molecular weight is 376 g/mol. The molecular formula is C17H14F6N2O. The van der Waals surface area contributed by atoms with Crippen LogP contribution in [-0.2, 0) is 17.1 Å². The van der Waals surface area contributed by atoms with Gasteiger partial charge in [-0.1, -0.05) is 18.2 Å². The minimum absolute atomic E-state index is 0.0264. The number of rotatable bonds is 4. The molecule has 0 heterocycles. The van der Waals surface area contributed by atoms with Crippen LogP contribution in [0.4, 0.5) is 37.7 Å². The number of halogens is 6. The van der Waals surface area contributed by atoms with Gasteiger partial charge >= 0.3 is 12.4 Å². The number of alkyl halides is 6. The van der Waals surface area contributed by atoms with Crippen molar-refractivity contribution in [3.05, 3.63) is 59.2 Å². The minimum atomic E-state index is -4.94. The molecule has 2 aromatic rings. The minimum Gasteiger partial charge on any atom is -0.376 e. The Bertz CT molecular complexity index is 766. The van der Waals surface area contributed by atoms with Crippen LogP contribution in [0, 0.1) is 6.92 Å². The summed E-state index contributed by atoms with van der Waals surface area (Å²) in [4.78, 5) is 11.9.